The number of nitrogens with one attached hydrogen (secondary N) is 1. The maximum absolute atomic E-state index is 11.7. The minimum atomic E-state index is -0.301. The molecule has 4 heteroatoms. The van der Waals surface area contributed by atoms with Crippen molar-refractivity contribution in [3.63, 3.8) is 0 Å². The van der Waals surface area contributed by atoms with Crippen molar-refractivity contribution in [1.29, 1.82) is 0 Å². The first-order valence-corrected chi connectivity index (χ1v) is 4.97. The van der Waals surface area contributed by atoms with Crippen LogP contribution in [0.4, 0.5) is 0 Å². The monoisotopic (exact) mass is 184 g/mol. The number of likely N-dealkylation sites (tertiary alicyclic amines) is 1. The molecule has 2 saturated heterocycles. The first-order valence-electron chi connectivity index (χ1n) is 4.97. The van der Waals surface area contributed by atoms with Gasteiger partial charge in [0.15, 0.2) is 0 Å². The molecule has 0 saturated carbocycles. The summed E-state index contributed by atoms with van der Waals surface area (Å²) in [7, 11) is 0. The number of carbonyl (C=O) groups excluding carboxylic acids is 1. The topological polar surface area (TPSA) is 52.6 Å². The van der Waals surface area contributed by atoms with Gasteiger partial charge < -0.3 is 15.3 Å². The summed E-state index contributed by atoms with van der Waals surface area (Å²) in [5, 5.41) is 12.5. The SMILES string of the molecule is O=C(C1CCCN1)N1CCC(O)C1. The Morgan fingerprint density at radius 3 is 2.85 bits per heavy atom. The Labute approximate surface area is 77.9 Å². The first kappa shape index (κ1) is 8.97. The van der Waals surface area contributed by atoms with E-state index < -0.39 is 0 Å². The molecule has 0 aromatic heterocycles. The van der Waals surface area contributed by atoms with E-state index >= 15 is 0 Å². The Morgan fingerprint density at radius 1 is 1.46 bits per heavy atom. The summed E-state index contributed by atoms with van der Waals surface area (Å²) in [6.07, 6.45) is 2.47. The van der Waals surface area contributed by atoms with Crippen molar-refractivity contribution < 1.29 is 9.90 Å². The van der Waals surface area contributed by atoms with E-state index in [4.69, 9.17) is 0 Å². The number of aliphatic hydroxyl groups excluding tert-OH is 1. The summed E-state index contributed by atoms with van der Waals surface area (Å²) in [5.74, 6) is 0.175. The third-order valence-electron chi connectivity index (χ3n) is 2.83. The van der Waals surface area contributed by atoms with E-state index in [0.717, 1.165) is 32.4 Å². The molecule has 2 rings (SSSR count). The van der Waals surface area contributed by atoms with Gasteiger partial charge in [0.1, 0.15) is 0 Å². The largest absolute Gasteiger partial charge is 0.391 e. The fourth-order valence-electron chi connectivity index (χ4n) is 2.06. The third kappa shape index (κ3) is 1.84. The van der Waals surface area contributed by atoms with Crippen LogP contribution in [0.5, 0.6) is 0 Å². The lowest BCUT2D eigenvalue weighted by molar-refractivity contribution is -0.132. The van der Waals surface area contributed by atoms with Crippen molar-refractivity contribution in [3.05, 3.63) is 0 Å². The average Bonchev–Trinajstić information content (AvgIpc) is 2.72. The van der Waals surface area contributed by atoms with E-state index in [0.29, 0.717) is 6.54 Å². The molecular formula is C9H16N2O2. The normalized spacial score (nSPS) is 34.1. The predicted molar refractivity (Wildman–Crippen MR) is 48.2 cm³/mol. The van der Waals surface area contributed by atoms with E-state index in [9.17, 15) is 9.90 Å². The van der Waals surface area contributed by atoms with Crippen molar-refractivity contribution in [2.75, 3.05) is 19.6 Å². The van der Waals surface area contributed by atoms with E-state index in [1.807, 2.05) is 0 Å². The quantitative estimate of drug-likeness (QED) is 0.568. The molecule has 2 N–H and O–H groups in total. The maximum Gasteiger partial charge on any atom is 0.239 e. The van der Waals surface area contributed by atoms with Gasteiger partial charge in [-0.15, -0.1) is 0 Å². The Morgan fingerprint density at radius 2 is 2.31 bits per heavy atom. The molecule has 0 radical (unpaired) electrons. The number of carbonyl (C=O) groups is 1. The third-order valence-corrected chi connectivity index (χ3v) is 2.83. The lowest BCUT2D eigenvalue weighted by atomic mass is 10.2. The molecule has 0 aromatic carbocycles. The Balaban J connectivity index is 1.89. The van der Waals surface area contributed by atoms with Crippen molar-refractivity contribution in [1.82, 2.24) is 10.2 Å². The molecule has 2 aliphatic heterocycles. The van der Waals surface area contributed by atoms with Gasteiger partial charge in [-0.2, -0.15) is 0 Å². The molecule has 2 unspecified atom stereocenters. The maximum atomic E-state index is 11.7. The smallest absolute Gasteiger partial charge is 0.239 e. The van der Waals surface area contributed by atoms with Crippen LogP contribution in [0.25, 0.3) is 0 Å². The highest BCUT2D eigenvalue weighted by Crippen LogP contribution is 2.14. The molecule has 2 fully saturated rings. The van der Waals surface area contributed by atoms with Crippen molar-refractivity contribution >= 4 is 5.91 Å². The Bertz CT molecular complexity index is 202. The van der Waals surface area contributed by atoms with Crippen molar-refractivity contribution in [2.45, 2.75) is 31.4 Å². The molecule has 0 spiro atoms. The number of rotatable bonds is 1. The molecular weight excluding hydrogens is 168 g/mol. The van der Waals surface area contributed by atoms with Gasteiger partial charge in [-0.1, -0.05) is 0 Å². The highest BCUT2D eigenvalue weighted by molar-refractivity contribution is 5.82. The summed E-state index contributed by atoms with van der Waals surface area (Å²) < 4.78 is 0. The molecule has 0 aliphatic carbocycles. The summed E-state index contributed by atoms with van der Waals surface area (Å²) in [6, 6.07) is 0.0188. The van der Waals surface area contributed by atoms with Gasteiger partial charge in [0.25, 0.3) is 0 Å². The molecule has 2 atom stereocenters. The van der Waals surface area contributed by atoms with Crippen LogP contribution in [0.2, 0.25) is 0 Å². The minimum absolute atomic E-state index is 0.0188. The van der Waals surface area contributed by atoms with E-state index in [-0.39, 0.29) is 18.1 Å². The van der Waals surface area contributed by atoms with E-state index in [1.165, 1.54) is 0 Å². The number of nitrogens with zero attached hydrogens (tertiary/aromatic N) is 1. The number of hydrogen-bond acceptors (Lipinski definition) is 3. The molecule has 4 nitrogen and oxygen atoms in total. The second kappa shape index (κ2) is 3.64. The molecule has 13 heavy (non-hydrogen) atoms. The molecule has 1 amide bonds. The fourth-order valence-corrected chi connectivity index (χ4v) is 2.06. The highest BCUT2D eigenvalue weighted by Gasteiger charge is 2.31. The summed E-state index contributed by atoms with van der Waals surface area (Å²) in [4.78, 5) is 13.5. The Kier molecular flexibility index (Phi) is 2.51. The van der Waals surface area contributed by atoms with Crippen LogP contribution in [0.15, 0.2) is 0 Å². The van der Waals surface area contributed by atoms with Crippen LogP contribution in [-0.4, -0.2) is 47.7 Å². The summed E-state index contributed by atoms with van der Waals surface area (Å²) in [5.41, 5.74) is 0. The van der Waals surface area contributed by atoms with Gasteiger partial charge in [0.2, 0.25) is 5.91 Å². The van der Waals surface area contributed by atoms with Crippen molar-refractivity contribution in [2.24, 2.45) is 0 Å². The molecule has 0 aromatic rings. The van der Waals surface area contributed by atoms with Gasteiger partial charge in [0, 0.05) is 13.1 Å². The summed E-state index contributed by atoms with van der Waals surface area (Å²) in [6.45, 7) is 2.20. The number of aliphatic hydroxyl groups is 1. The van der Waals surface area contributed by atoms with Gasteiger partial charge in [-0.3, -0.25) is 4.79 Å². The molecule has 74 valence electrons. The standard InChI is InChI=1S/C9H16N2O2/c12-7-3-5-11(6-7)9(13)8-2-1-4-10-8/h7-8,10,12H,1-6H2. The molecule has 0 bridgehead atoms. The molecule has 2 aliphatic rings. The van der Waals surface area contributed by atoms with Crippen LogP contribution in [0, 0.1) is 0 Å². The second-order valence-corrected chi connectivity index (χ2v) is 3.88. The van der Waals surface area contributed by atoms with Crippen LogP contribution < -0.4 is 5.32 Å². The zero-order chi connectivity index (χ0) is 9.26. The van der Waals surface area contributed by atoms with Crippen molar-refractivity contribution in [3.8, 4) is 0 Å². The second-order valence-electron chi connectivity index (χ2n) is 3.88. The fraction of sp³-hybridized carbons (Fsp3) is 0.889. The summed E-state index contributed by atoms with van der Waals surface area (Å²) >= 11 is 0. The van der Waals surface area contributed by atoms with E-state index in [1.54, 1.807) is 4.90 Å². The van der Waals surface area contributed by atoms with Crippen LogP contribution in [0.3, 0.4) is 0 Å². The lowest BCUT2D eigenvalue weighted by Crippen LogP contribution is -2.42. The minimum Gasteiger partial charge on any atom is -0.391 e. The number of β-amino-alcohol motifs (C(OH)–C–C–N with tert-alkyl or cyclic N) is 1. The van der Waals surface area contributed by atoms with Crippen LogP contribution in [0.1, 0.15) is 19.3 Å². The molecule has 2 heterocycles. The van der Waals surface area contributed by atoms with Crippen LogP contribution in [-0.2, 0) is 4.79 Å². The lowest BCUT2D eigenvalue weighted by Gasteiger charge is -2.19. The Hall–Kier alpha value is -0.610. The van der Waals surface area contributed by atoms with E-state index in [2.05, 4.69) is 5.32 Å². The first-order chi connectivity index (χ1) is 6.27. The highest BCUT2D eigenvalue weighted by atomic mass is 16.3. The predicted octanol–water partition coefficient (Wildman–Crippen LogP) is -0.668. The van der Waals surface area contributed by atoms with Gasteiger partial charge >= 0.3 is 0 Å². The number of hydrogen-bond donors (Lipinski definition) is 2. The van der Waals surface area contributed by atoms with Gasteiger partial charge in [-0.05, 0) is 25.8 Å². The van der Waals surface area contributed by atoms with Gasteiger partial charge in [0.05, 0.1) is 12.1 Å². The number of amides is 1. The van der Waals surface area contributed by atoms with Gasteiger partial charge in [-0.25, -0.2) is 0 Å². The average molecular weight is 184 g/mol. The zero-order valence-corrected chi connectivity index (χ0v) is 7.70. The zero-order valence-electron chi connectivity index (χ0n) is 7.70. The van der Waals surface area contributed by atoms with Crippen LogP contribution >= 0.6 is 0 Å².